The molecule has 0 saturated carbocycles. The van der Waals surface area contributed by atoms with Crippen LogP contribution >= 0.6 is 0 Å². The smallest absolute Gasteiger partial charge is 0.289 e. The lowest BCUT2D eigenvalue weighted by Gasteiger charge is -2.14. The Morgan fingerprint density at radius 3 is 1.58 bits per heavy atom. The van der Waals surface area contributed by atoms with Crippen molar-refractivity contribution in [2.45, 2.75) is 26.2 Å². The molecule has 7 heteroatoms. The summed E-state index contributed by atoms with van der Waals surface area (Å²) in [5.74, 6) is -0.216. The number of hydrogen-bond acceptors (Lipinski definition) is 1. The molecule has 0 saturated heterocycles. The highest BCUT2D eigenvalue weighted by molar-refractivity contribution is 6.09. The van der Waals surface area contributed by atoms with Crippen molar-refractivity contribution < 1.29 is 31.1 Å². The van der Waals surface area contributed by atoms with Crippen LogP contribution in [0.5, 0.6) is 0 Å². The highest BCUT2D eigenvalue weighted by Crippen LogP contribution is 2.37. The van der Waals surface area contributed by atoms with Gasteiger partial charge in [0.1, 0.15) is 0 Å². The first-order valence-corrected chi connectivity index (χ1v) is 6.80. The van der Waals surface area contributed by atoms with E-state index >= 15 is 0 Å². The zero-order valence-corrected chi connectivity index (χ0v) is 12.6. The average molecular weight is 346 g/mol. The Balaban J connectivity index is 2.59. The summed E-state index contributed by atoms with van der Waals surface area (Å²) in [6, 6.07) is 1.37. The second-order valence-corrected chi connectivity index (χ2v) is 5.47. The first kappa shape index (κ1) is 18.0. The normalized spacial score (nSPS) is 16.0. The van der Waals surface area contributed by atoms with Crippen LogP contribution in [0.2, 0.25) is 0 Å². The molecule has 0 aliphatic heterocycles. The van der Waals surface area contributed by atoms with Gasteiger partial charge in [0.25, 0.3) is 0 Å². The summed E-state index contributed by atoms with van der Waals surface area (Å²) in [5, 5.41) is 0. The Hall–Kier alpha value is -2.31. The van der Waals surface area contributed by atoms with Gasteiger partial charge in [0.2, 0.25) is 0 Å². The number of carbonyl (C=O) groups is 1. The molecular formula is C17H12F6O. The van der Waals surface area contributed by atoms with Crippen LogP contribution in [0.4, 0.5) is 26.3 Å². The summed E-state index contributed by atoms with van der Waals surface area (Å²) in [6.45, 7) is 3.06. The van der Waals surface area contributed by atoms with Gasteiger partial charge in [-0.3, -0.25) is 4.79 Å². The van der Waals surface area contributed by atoms with Gasteiger partial charge in [-0.1, -0.05) is 0 Å². The van der Waals surface area contributed by atoms with Crippen LogP contribution in [-0.2, 0) is 17.1 Å². The summed E-state index contributed by atoms with van der Waals surface area (Å²) in [4.78, 5) is 11.6. The van der Waals surface area contributed by atoms with Gasteiger partial charge in [0, 0.05) is 0 Å². The van der Waals surface area contributed by atoms with E-state index in [0.717, 1.165) is 0 Å². The first-order valence-electron chi connectivity index (χ1n) is 6.80. The third-order valence-electron chi connectivity index (χ3n) is 3.43. The minimum Gasteiger partial charge on any atom is -0.289 e. The molecule has 1 aliphatic carbocycles. The molecule has 2 rings (SSSR count). The molecule has 0 radical (unpaired) electrons. The van der Waals surface area contributed by atoms with Crippen molar-refractivity contribution >= 4 is 11.9 Å². The van der Waals surface area contributed by atoms with Crippen molar-refractivity contribution in [1.82, 2.24) is 0 Å². The second kappa shape index (κ2) is 5.96. The predicted octanol–water partition coefficient (Wildman–Crippen LogP) is 5.58. The lowest BCUT2D eigenvalue weighted by molar-refractivity contribution is -0.143. The summed E-state index contributed by atoms with van der Waals surface area (Å²) in [5.41, 5.74) is -1.91. The number of allylic oxidation sites excluding steroid dienone is 5. The lowest BCUT2D eigenvalue weighted by atomic mass is 9.94. The molecule has 1 nitrogen and oxygen atoms in total. The zero-order chi connectivity index (χ0) is 18.3. The van der Waals surface area contributed by atoms with Gasteiger partial charge in [0.05, 0.1) is 11.1 Å². The van der Waals surface area contributed by atoms with Crippen LogP contribution in [0.3, 0.4) is 0 Å². The molecule has 0 spiro atoms. The van der Waals surface area contributed by atoms with Gasteiger partial charge in [-0.15, -0.1) is 0 Å². The average Bonchev–Trinajstić information content (AvgIpc) is 2.42. The third kappa shape index (κ3) is 3.96. The van der Waals surface area contributed by atoms with E-state index in [-0.39, 0.29) is 17.4 Å². The molecule has 24 heavy (non-hydrogen) atoms. The maximum absolute atomic E-state index is 12.8. The van der Waals surface area contributed by atoms with Gasteiger partial charge < -0.3 is 0 Å². The van der Waals surface area contributed by atoms with Crippen LogP contribution in [0, 0.1) is 0 Å². The van der Waals surface area contributed by atoms with E-state index in [1.165, 1.54) is 32.1 Å². The minimum atomic E-state index is -4.89. The third-order valence-corrected chi connectivity index (χ3v) is 3.43. The molecule has 0 heterocycles. The quantitative estimate of drug-likeness (QED) is 0.607. The summed E-state index contributed by atoms with van der Waals surface area (Å²) in [6.07, 6.45) is -5.77. The molecule has 0 unspecified atom stereocenters. The Morgan fingerprint density at radius 2 is 1.21 bits per heavy atom. The molecule has 0 aromatic heterocycles. The Bertz CT molecular complexity index is 719. The molecule has 0 bridgehead atoms. The van der Waals surface area contributed by atoms with Crippen molar-refractivity contribution in [2.24, 2.45) is 0 Å². The second-order valence-electron chi connectivity index (χ2n) is 5.47. The van der Waals surface area contributed by atoms with E-state index in [4.69, 9.17) is 0 Å². The molecule has 1 aromatic rings. The number of halogens is 6. The molecule has 1 aliphatic rings. The van der Waals surface area contributed by atoms with Crippen molar-refractivity contribution in [2.75, 3.05) is 0 Å². The van der Waals surface area contributed by atoms with E-state index in [0.29, 0.717) is 28.9 Å². The van der Waals surface area contributed by atoms with E-state index in [9.17, 15) is 31.1 Å². The van der Waals surface area contributed by atoms with Crippen LogP contribution in [0.25, 0.3) is 6.08 Å². The van der Waals surface area contributed by atoms with Crippen molar-refractivity contribution in [1.29, 1.82) is 0 Å². The maximum atomic E-state index is 12.8. The van der Waals surface area contributed by atoms with Crippen LogP contribution in [0.1, 0.15) is 30.5 Å². The predicted molar refractivity (Wildman–Crippen MR) is 76.9 cm³/mol. The molecule has 1 aromatic carbocycles. The lowest BCUT2D eigenvalue weighted by Crippen LogP contribution is -2.11. The van der Waals surface area contributed by atoms with Gasteiger partial charge in [-0.25, -0.2) is 0 Å². The van der Waals surface area contributed by atoms with Gasteiger partial charge >= 0.3 is 12.4 Å². The first-order chi connectivity index (χ1) is 10.9. The van der Waals surface area contributed by atoms with Crippen LogP contribution < -0.4 is 0 Å². The zero-order valence-electron chi connectivity index (χ0n) is 12.6. The number of alkyl halides is 6. The molecule has 0 atom stereocenters. The topological polar surface area (TPSA) is 17.1 Å². The van der Waals surface area contributed by atoms with Gasteiger partial charge in [-0.05, 0) is 72.6 Å². The van der Waals surface area contributed by atoms with E-state index < -0.39 is 23.5 Å². The summed E-state index contributed by atoms with van der Waals surface area (Å²) >= 11 is 0. The monoisotopic (exact) mass is 346 g/mol. The fraction of sp³-hybridized carbons (Fsp3) is 0.235. The fourth-order valence-corrected chi connectivity index (χ4v) is 2.32. The highest BCUT2D eigenvalue weighted by Gasteiger charge is 2.36. The fourth-order valence-electron chi connectivity index (χ4n) is 2.32. The standard InChI is InChI=1S/C17H12F6O/c1-9-3-11(4-10(2)15(9)24)5-12-6-13(16(18,19)20)8-14(7-12)17(21,22)23/h3-8H,1-2H3. The molecule has 0 fully saturated rings. The molecule has 0 amide bonds. The van der Waals surface area contributed by atoms with Gasteiger partial charge in [0.15, 0.2) is 5.78 Å². The van der Waals surface area contributed by atoms with E-state index in [2.05, 4.69) is 0 Å². The minimum absolute atomic E-state index is 0.0780. The van der Waals surface area contributed by atoms with E-state index in [1.54, 1.807) is 0 Å². The number of Topliss-reactive ketones (excluding diaryl/α,β-unsaturated/α-hetero) is 1. The summed E-state index contributed by atoms with van der Waals surface area (Å²) in [7, 11) is 0. The SMILES string of the molecule is CC1=CC(=Cc2cc(C(F)(F)F)cc(C(F)(F)F)c2)C=C(C)C1=O. The van der Waals surface area contributed by atoms with Crippen molar-refractivity contribution in [3.63, 3.8) is 0 Å². The Morgan fingerprint density at radius 1 is 0.792 bits per heavy atom. The molecule has 0 N–H and O–H groups in total. The number of carbonyl (C=O) groups excluding carboxylic acids is 1. The van der Waals surface area contributed by atoms with Crippen LogP contribution in [0.15, 0.2) is 47.1 Å². The van der Waals surface area contributed by atoms with Crippen molar-refractivity contribution in [3.8, 4) is 0 Å². The largest absolute Gasteiger partial charge is 0.416 e. The van der Waals surface area contributed by atoms with Crippen LogP contribution in [-0.4, -0.2) is 5.78 Å². The number of benzene rings is 1. The Labute approximate surface area is 134 Å². The molecular weight excluding hydrogens is 334 g/mol. The van der Waals surface area contributed by atoms with E-state index in [1.807, 2.05) is 0 Å². The van der Waals surface area contributed by atoms with Crippen molar-refractivity contribution in [3.05, 3.63) is 63.8 Å². The maximum Gasteiger partial charge on any atom is 0.416 e. The molecule has 128 valence electrons. The highest BCUT2D eigenvalue weighted by atomic mass is 19.4. The summed E-state index contributed by atoms with van der Waals surface area (Å²) < 4.78 is 77.0. The Kier molecular flexibility index (Phi) is 4.48. The number of rotatable bonds is 1. The number of ketones is 1. The number of hydrogen-bond donors (Lipinski definition) is 0. The van der Waals surface area contributed by atoms with Gasteiger partial charge in [-0.2, -0.15) is 26.3 Å².